The summed E-state index contributed by atoms with van der Waals surface area (Å²) in [6.07, 6.45) is 0. The van der Waals surface area contributed by atoms with Crippen molar-refractivity contribution in [2.24, 2.45) is 0 Å². The van der Waals surface area contributed by atoms with E-state index in [1.807, 2.05) is 0 Å². The molecule has 2 N–H and O–H groups in total. The first-order chi connectivity index (χ1) is 9.41. The molecule has 0 radical (unpaired) electrons. The molecule has 20 heavy (non-hydrogen) atoms. The number of hydrogen-bond acceptors (Lipinski definition) is 5. The summed E-state index contributed by atoms with van der Waals surface area (Å²) in [5.41, 5.74) is -0.720. The van der Waals surface area contributed by atoms with E-state index in [0.717, 1.165) is 0 Å². The average molecular weight is 283 g/mol. The molecule has 1 aromatic rings. The van der Waals surface area contributed by atoms with Crippen LogP contribution in [0.4, 0.5) is 0 Å². The standard InChI is InChI=1S/C14H21NO5/c1-14(17,9-18-2)8-15-13(16)10-5-11(19-3)7-12(6-10)20-4/h5-7,17H,8-9H2,1-4H3,(H,15,16)/t14-/m1/s1. The molecular formula is C14H21NO5. The summed E-state index contributed by atoms with van der Waals surface area (Å²) in [5, 5.41) is 12.6. The lowest BCUT2D eigenvalue weighted by Crippen LogP contribution is -2.43. The number of aliphatic hydroxyl groups is 1. The molecule has 0 unspecified atom stereocenters. The maximum absolute atomic E-state index is 12.1. The molecule has 0 bridgehead atoms. The summed E-state index contributed by atoms with van der Waals surface area (Å²) >= 11 is 0. The molecule has 1 rings (SSSR count). The number of benzene rings is 1. The van der Waals surface area contributed by atoms with Crippen LogP contribution in [0.25, 0.3) is 0 Å². The normalized spacial score (nSPS) is 13.4. The zero-order chi connectivity index (χ0) is 15.2. The highest BCUT2D eigenvalue weighted by atomic mass is 16.5. The summed E-state index contributed by atoms with van der Waals surface area (Å²) < 4.78 is 15.1. The minimum absolute atomic E-state index is 0.0825. The molecule has 0 heterocycles. The van der Waals surface area contributed by atoms with Crippen LogP contribution < -0.4 is 14.8 Å². The van der Waals surface area contributed by atoms with Crippen LogP contribution in [0, 0.1) is 0 Å². The smallest absolute Gasteiger partial charge is 0.251 e. The van der Waals surface area contributed by atoms with Crippen LogP contribution >= 0.6 is 0 Å². The zero-order valence-electron chi connectivity index (χ0n) is 12.2. The van der Waals surface area contributed by atoms with E-state index in [4.69, 9.17) is 14.2 Å². The Labute approximate surface area is 118 Å². The maximum Gasteiger partial charge on any atom is 0.251 e. The van der Waals surface area contributed by atoms with Gasteiger partial charge in [-0.05, 0) is 19.1 Å². The highest BCUT2D eigenvalue weighted by Crippen LogP contribution is 2.22. The lowest BCUT2D eigenvalue weighted by molar-refractivity contribution is -0.0147. The van der Waals surface area contributed by atoms with Crippen LogP contribution in [0.5, 0.6) is 11.5 Å². The minimum atomic E-state index is -1.12. The van der Waals surface area contributed by atoms with Gasteiger partial charge < -0.3 is 24.6 Å². The number of carbonyl (C=O) groups excluding carboxylic acids is 1. The summed E-state index contributed by atoms with van der Waals surface area (Å²) in [4.78, 5) is 12.1. The Morgan fingerprint density at radius 1 is 1.20 bits per heavy atom. The monoisotopic (exact) mass is 283 g/mol. The molecular weight excluding hydrogens is 262 g/mol. The van der Waals surface area contributed by atoms with Gasteiger partial charge in [-0.25, -0.2) is 0 Å². The van der Waals surface area contributed by atoms with Gasteiger partial charge in [0.15, 0.2) is 0 Å². The van der Waals surface area contributed by atoms with Crippen molar-refractivity contribution in [2.75, 3.05) is 34.5 Å². The first-order valence-electron chi connectivity index (χ1n) is 6.14. The number of amides is 1. The van der Waals surface area contributed by atoms with E-state index < -0.39 is 5.60 Å². The molecule has 1 atom stereocenters. The molecule has 0 saturated carbocycles. The van der Waals surface area contributed by atoms with Gasteiger partial charge in [0.1, 0.15) is 17.1 Å². The predicted octanol–water partition coefficient (Wildman–Crippen LogP) is 0.831. The van der Waals surface area contributed by atoms with E-state index in [-0.39, 0.29) is 19.1 Å². The van der Waals surface area contributed by atoms with Gasteiger partial charge in [-0.3, -0.25) is 4.79 Å². The van der Waals surface area contributed by atoms with Crippen LogP contribution in [0.1, 0.15) is 17.3 Å². The second kappa shape index (κ2) is 7.12. The lowest BCUT2D eigenvalue weighted by atomic mass is 10.1. The van der Waals surface area contributed by atoms with Gasteiger partial charge in [0.05, 0.1) is 20.8 Å². The Bertz CT molecular complexity index is 437. The quantitative estimate of drug-likeness (QED) is 0.775. The van der Waals surface area contributed by atoms with Crippen LogP contribution in [0.15, 0.2) is 18.2 Å². The molecule has 6 nitrogen and oxygen atoms in total. The maximum atomic E-state index is 12.1. The van der Waals surface area contributed by atoms with Gasteiger partial charge in [0.25, 0.3) is 5.91 Å². The third-order valence-electron chi connectivity index (χ3n) is 2.70. The van der Waals surface area contributed by atoms with Crippen molar-refractivity contribution in [1.82, 2.24) is 5.32 Å². The molecule has 1 aromatic carbocycles. The molecule has 112 valence electrons. The van der Waals surface area contributed by atoms with Crippen molar-refractivity contribution < 1.29 is 24.1 Å². The van der Waals surface area contributed by atoms with E-state index in [2.05, 4.69) is 5.32 Å². The number of hydrogen-bond donors (Lipinski definition) is 2. The van der Waals surface area contributed by atoms with Gasteiger partial charge in [0, 0.05) is 25.3 Å². The van der Waals surface area contributed by atoms with E-state index in [1.54, 1.807) is 25.1 Å². The van der Waals surface area contributed by atoms with Gasteiger partial charge in [-0.1, -0.05) is 0 Å². The van der Waals surface area contributed by atoms with Gasteiger partial charge in [-0.2, -0.15) is 0 Å². The molecule has 0 aliphatic carbocycles. The SMILES string of the molecule is COC[C@](C)(O)CNC(=O)c1cc(OC)cc(OC)c1. The Balaban J connectivity index is 2.77. The van der Waals surface area contributed by atoms with E-state index in [0.29, 0.717) is 17.1 Å². The minimum Gasteiger partial charge on any atom is -0.497 e. The van der Waals surface area contributed by atoms with Crippen molar-refractivity contribution in [3.05, 3.63) is 23.8 Å². The fourth-order valence-electron chi connectivity index (χ4n) is 1.67. The zero-order valence-corrected chi connectivity index (χ0v) is 12.2. The number of rotatable bonds is 7. The largest absolute Gasteiger partial charge is 0.497 e. The topological polar surface area (TPSA) is 77.0 Å². The van der Waals surface area contributed by atoms with Crippen LogP contribution in [-0.4, -0.2) is 51.1 Å². The van der Waals surface area contributed by atoms with E-state index in [1.165, 1.54) is 21.3 Å². The molecule has 0 aliphatic heterocycles. The second-order valence-corrected chi connectivity index (χ2v) is 4.71. The van der Waals surface area contributed by atoms with Crippen LogP contribution in [0.3, 0.4) is 0 Å². The van der Waals surface area contributed by atoms with Crippen molar-refractivity contribution >= 4 is 5.91 Å². The fourth-order valence-corrected chi connectivity index (χ4v) is 1.67. The van der Waals surface area contributed by atoms with E-state index >= 15 is 0 Å². The molecule has 0 saturated heterocycles. The fraction of sp³-hybridized carbons (Fsp3) is 0.500. The predicted molar refractivity (Wildman–Crippen MR) is 74.4 cm³/mol. The lowest BCUT2D eigenvalue weighted by Gasteiger charge is -2.22. The van der Waals surface area contributed by atoms with Crippen LogP contribution in [-0.2, 0) is 4.74 Å². The summed E-state index contributed by atoms with van der Waals surface area (Å²) in [5.74, 6) is 0.731. The average Bonchev–Trinajstić information content (AvgIpc) is 2.44. The number of nitrogens with one attached hydrogen (secondary N) is 1. The number of methoxy groups -OCH3 is 3. The summed E-state index contributed by atoms with van der Waals surface area (Å²) in [7, 11) is 4.52. The first kappa shape index (κ1) is 16.3. The van der Waals surface area contributed by atoms with Gasteiger partial charge in [0.2, 0.25) is 0 Å². The van der Waals surface area contributed by atoms with Crippen molar-refractivity contribution in [1.29, 1.82) is 0 Å². The Morgan fingerprint density at radius 3 is 2.20 bits per heavy atom. The number of carbonyl (C=O) groups is 1. The summed E-state index contributed by atoms with van der Waals surface area (Å²) in [6.45, 7) is 1.80. The molecule has 6 heteroatoms. The Hall–Kier alpha value is -1.79. The third-order valence-corrected chi connectivity index (χ3v) is 2.70. The molecule has 0 spiro atoms. The van der Waals surface area contributed by atoms with Crippen molar-refractivity contribution in [3.63, 3.8) is 0 Å². The highest BCUT2D eigenvalue weighted by molar-refractivity contribution is 5.95. The van der Waals surface area contributed by atoms with Crippen LogP contribution in [0.2, 0.25) is 0 Å². The third kappa shape index (κ3) is 4.71. The first-order valence-corrected chi connectivity index (χ1v) is 6.14. The van der Waals surface area contributed by atoms with Gasteiger partial charge >= 0.3 is 0 Å². The molecule has 1 amide bonds. The van der Waals surface area contributed by atoms with Gasteiger partial charge in [-0.15, -0.1) is 0 Å². The van der Waals surface area contributed by atoms with Crippen molar-refractivity contribution in [2.45, 2.75) is 12.5 Å². The molecule has 0 fully saturated rings. The molecule has 0 aromatic heterocycles. The highest BCUT2D eigenvalue weighted by Gasteiger charge is 2.21. The van der Waals surface area contributed by atoms with Crippen molar-refractivity contribution in [3.8, 4) is 11.5 Å². The summed E-state index contributed by atoms with van der Waals surface area (Å²) in [6, 6.07) is 4.88. The number of ether oxygens (including phenoxy) is 3. The Kier molecular flexibility index (Phi) is 5.79. The second-order valence-electron chi connectivity index (χ2n) is 4.71. The molecule has 0 aliphatic rings. The Morgan fingerprint density at radius 2 is 1.75 bits per heavy atom. The van der Waals surface area contributed by atoms with E-state index in [9.17, 15) is 9.90 Å².